The summed E-state index contributed by atoms with van der Waals surface area (Å²) in [5.74, 6) is -0.170. The number of aromatic nitrogens is 5. The first-order chi connectivity index (χ1) is 17.9. The van der Waals surface area contributed by atoms with E-state index >= 15 is 0 Å². The molecule has 0 spiro atoms. The van der Waals surface area contributed by atoms with Crippen molar-refractivity contribution in [2.24, 2.45) is 0 Å². The van der Waals surface area contributed by atoms with E-state index in [-0.39, 0.29) is 40.7 Å². The number of ether oxygens (including phenoxy) is 3. The number of aromatic amines is 1. The Bertz CT molecular complexity index is 1330. The zero-order chi connectivity index (χ0) is 27.2. The molecule has 5 rings (SSSR count). The molecule has 2 fully saturated rings. The van der Waals surface area contributed by atoms with Crippen LogP contribution >= 0.6 is 0 Å². The lowest BCUT2D eigenvalue weighted by Gasteiger charge is -2.17. The van der Waals surface area contributed by atoms with Crippen molar-refractivity contribution in [2.45, 2.75) is 63.1 Å². The molecule has 3 N–H and O–H groups in total. The lowest BCUT2D eigenvalue weighted by Crippen LogP contribution is -2.39. The van der Waals surface area contributed by atoms with Gasteiger partial charge in [0.25, 0.3) is 6.43 Å². The predicted molar refractivity (Wildman–Crippen MR) is 115 cm³/mol. The second-order valence-electron chi connectivity index (χ2n) is 9.18. The number of hydrogen-bond donors (Lipinski definition) is 3. The van der Waals surface area contributed by atoms with E-state index in [0.717, 1.165) is 23.6 Å². The molecule has 38 heavy (non-hydrogen) atoms. The van der Waals surface area contributed by atoms with Crippen molar-refractivity contribution >= 4 is 23.2 Å². The summed E-state index contributed by atoms with van der Waals surface area (Å²) in [6, 6.07) is 2.51. The molecule has 3 aromatic heterocycles. The molecular formula is C21H21F6N7O4. The number of alkyl halides is 6. The highest BCUT2D eigenvalue weighted by molar-refractivity contribution is 5.72. The molecule has 3 aromatic rings. The number of H-pyrrole nitrogens is 1. The maximum atomic E-state index is 15.0. The Labute approximate surface area is 209 Å². The zero-order valence-electron chi connectivity index (χ0n) is 19.6. The number of rotatable bonds is 8. The van der Waals surface area contributed by atoms with Crippen LogP contribution in [0.5, 0.6) is 0 Å². The first-order valence-corrected chi connectivity index (χ1v) is 11.3. The van der Waals surface area contributed by atoms with Gasteiger partial charge in [-0.3, -0.25) is 9.84 Å². The number of alkyl carbamates (subject to hydrolysis) is 1. The number of nitrogens with zero attached hydrogens (tertiary/aromatic N) is 4. The smallest absolute Gasteiger partial charge is 0.441 e. The average Bonchev–Trinajstić information content (AvgIpc) is 3.19. The second kappa shape index (κ2) is 9.61. The van der Waals surface area contributed by atoms with Gasteiger partial charge in [-0.2, -0.15) is 10.2 Å². The average molecular weight is 549 g/mol. The molecule has 1 aliphatic heterocycles. The van der Waals surface area contributed by atoms with E-state index in [0.29, 0.717) is 0 Å². The fraction of sp³-hybridized carbons (Fsp3) is 0.524. The van der Waals surface area contributed by atoms with Crippen molar-refractivity contribution in [1.82, 2.24) is 30.1 Å². The molecule has 1 saturated heterocycles. The van der Waals surface area contributed by atoms with Gasteiger partial charge in [0.15, 0.2) is 23.9 Å². The van der Waals surface area contributed by atoms with E-state index in [2.05, 4.69) is 35.7 Å². The Morgan fingerprint density at radius 2 is 2.11 bits per heavy atom. The Morgan fingerprint density at radius 3 is 2.79 bits per heavy atom. The minimum atomic E-state index is -4.91. The molecule has 3 atom stereocenters. The molecule has 1 amide bonds. The van der Waals surface area contributed by atoms with E-state index in [4.69, 9.17) is 9.47 Å². The number of halogens is 6. The highest BCUT2D eigenvalue weighted by Crippen LogP contribution is 2.36. The molecule has 0 radical (unpaired) electrons. The Morgan fingerprint density at radius 1 is 1.34 bits per heavy atom. The molecular weight excluding hydrogens is 528 g/mol. The topological polar surface area (TPSA) is 128 Å². The zero-order valence-corrected chi connectivity index (χ0v) is 19.6. The van der Waals surface area contributed by atoms with Crippen LogP contribution in [0.1, 0.15) is 49.4 Å². The molecule has 0 unspecified atom stereocenters. The van der Waals surface area contributed by atoms with Crippen molar-refractivity contribution in [3.63, 3.8) is 0 Å². The van der Waals surface area contributed by atoms with Gasteiger partial charge in [-0.1, -0.05) is 0 Å². The predicted octanol–water partition coefficient (Wildman–Crippen LogP) is 4.23. The minimum absolute atomic E-state index is 0.0228. The Balaban J connectivity index is 1.30. The number of carbonyl (C=O) groups excluding carboxylic acids is 1. The molecule has 1 aliphatic carbocycles. The van der Waals surface area contributed by atoms with Crippen molar-refractivity contribution in [1.29, 1.82) is 0 Å². The Hall–Kier alpha value is -3.60. The number of carbonyl (C=O) groups is 1. The largest absolute Gasteiger partial charge is 0.522 e. The lowest BCUT2D eigenvalue weighted by molar-refractivity contribution is -0.330. The van der Waals surface area contributed by atoms with Crippen molar-refractivity contribution < 1.29 is 45.3 Å². The maximum Gasteiger partial charge on any atom is 0.522 e. The molecule has 1 saturated carbocycles. The first kappa shape index (κ1) is 26.0. The number of amides is 1. The van der Waals surface area contributed by atoms with Gasteiger partial charge < -0.3 is 20.1 Å². The van der Waals surface area contributed by atoms with Crippen LogP contribution < -0.4 is 10.6 Å². The fourth-order valence-electron chi connectivity index (χ4n) is 3.82. The van der Waals surface area contributed by atoms with Crippen LogP contribution in [0.15, 0.2) is 18.3 Å². The molecule has 0 bridgehead atoms. The van der Waals surface area contributed by atoms with E-state index in [9.17, 15) is 31.1 Å². The fourth-order valence-corrected chi connectivity index (χ4v) is 3.82. The van der Waals surface area contributed by atoms with Crippen LogP contribution in [0.4, 0.5) is 42.8 Å². The highest BCUT2D eigenvalue weighted by atomic mass is 19.4. The van der Waals surface area contributed by atoms with Gasteiger partial charge in [0.2, 0.25) is 0 Å². The van der Waals surface area contributed by atoms with Crippen LogP contribution in [-0.4, -0.2) is 61.7 Å². The molecule has 4 heterocycles. The summed E-state index contributed by atoms with van der Waals surface area (Å²) >= 11 is 0. The van der Waals surface area contributed by atoms with Gasteiger partial charge in [-0.15, -0.1) is 13.2 Å². The molecule has 11 nitrogen and oxygen atoms in total. The monoisotopic (exact) mass is 549 g/mol. The summed E-state index contributed by atoms with van der Waals surface area (Å²) in [5.41, 5.74) is -1.01. The minimum Gasteiger partial charge on any atom is -0.441 e. The van der Waals surface area contributed by atoms with E-state index < -0.39 is 49.6 Å². The highest BCUT2D eigenvalue weighted by Gasteiger charge is 2.44. The van der Waals surface area contributed by atoms with Crippen LogP contribution in [0.25, 0.3) is 5.52 Å². The summed E-state index contributed by atoms with van der Waals surface area (Å²) in [6.45, 7) is 0.697. The number of anilines is 2. The van der Waals surface area contributed by atoms with Gasteiger partial charge >= 0.3 is 12.5 Å². The molecule has 2 aliphatic rings. The van der Waals surface area contributed by atoms with E-state index in [1.807, 2.05) is 6.92 Å². The second-order valence-corrected chi connectivity index (χ2v) is 9.18. The van der Waals surface area contributed by atoms with Crippen molar-refractivity contribution in [2.75, 3.05) is 11.9 Å². The first-order valence-electron chi connectivity index (χ1n) is 11.3. The van der Waals surface area contributed by atoms with E-state index in [1.54, 1.807) is 0 Å². The maximum absolute atomic E-state index is 15.0. The third kappa shape index (κ3) is 5.77. The van der Waals surface area contributed by atoms with Crippen LogP contribution in [0, 0.1) is 0 Å². The van der Waals surface area contributed by atoms with Crippen molar-refractivity contribution in [3.8, 4) is 0 Å². The molecule has 206 valence electrons. The summed E-state index contributed by atoms with van der Waals surface area (Å²) in [7, 11) is 0. The quantitative estimate of drug-likeness (QED) is 0.357. The van der Waals surface area contributed by atoms with Gasteiger partial charge in [0.05, 0.1) is 24.2 Å². The molecule has 17 heteroatoms. The SMILES string of the molecule is CC1(NC(=O)O[C@H]2CO[C@@H](c3cc(Nc4nc(C(F)F)cn5nc(COC(F)(F)F)cc45)n[nH]3)[C@H]2F)CC1. The van der Waals surface area contributed by atoms with Gasteiger partial charge in [-0.25, -0.2) is 27.5 Å². The number of nitrogens with one attached hydrogen (secondary N) is 3. The number of hydrogen-bond acceptors (Lipinski definition) is 8. The summed E-state index contributed by atoms with van der Waals surface area (Å²) in [5, 5.41) is 15.7. The van der Waals surface area contributed by atoms with Gasteiger partial charge in [0, 0.05) is 11.6 Å². The Kier molecular flexibility index (Phi) is 6.58. The summed E-state index contributed by atoms with van der Waals surface area (Å²) < 4.78 is 94.2. The normalized spacial score (nSPS) is 22.7. The molecule has 0 aromatic carbocycles. The van der Waals surface area contributed by atoms with Crippen LogP contribution in [-0.2, 0) is 20.8 Å². The summed E-state index contributed by atoms with van der Waals surface area (Å²) in [6.07, 6.45) is -10.2. The lowest BCUT2D eigenvalue weighted by atomic mass is 10.1. The number of fused-ring (bicyclic) bond motifs is 1. The third-order valence-electron chi connectivity index (χ3n) is 6.03. The summed E-state index contributed by atoms with van der Waals surface area (Å²) in [4.78, 5) is 15.8. The standard InChI is InChI=1S/C21H21F6N7O4/c1-20(2-3-20)30-19(35)38-13-8-36-16(15(13)22)10-5-14(32-31-10)29-18-12-4-9(7-37-21(25,26)27)33-34(12)6-11(28-18)17(23)24/h4-6,13,15-17H,2-3,7-8H2,1H3,(H,30,35)(H2,28,29,31,32)/t13-,15-,16-/m0/s1. The van der Waals surface area contributed by atoms with Gasteiger partial charge in [-0.05, 0) is 25.8 Å². The van der Waals surface area contributed by atoms with Crippen LogP contribution in [0.3, 0.4) is 0 Å². The van der Waals surface area contributed by atoms with Gasteiger partial charge in [0.1, 0.15) is 23.9 Å². The third-order valence-corrected chi connectivity index (χ3v) is 6.03. The van der Waals surface area contributed by atoms with E-state index in [1.165, 1.54) is 12.1 Å². The van der Waals surface area contributed by atoms with Crippen molar-refractivity contribution in [3.05, 3.63) is 35.4 Å². The van der Waals surface area contributed by atoms with Crippen LogP contribution in [0.2, 0.25) is 0 Å².